The zero-order chi connectivity index (χ0) is 18.8. The predicted octanol–water partition coefficient (Wildman–Crippen LogP) is 4.22. The van der Waals surface area contributed by atoms with Gasteiger partial charge in [-0.1, -0.05) is 36.0 Å². The van der Waals surface area contributed by atoms with Crippen LogP contribution in [0.3, 0.4) is 0 Å². The van der Waals surface area contributed by atoms with E-state index in [1.165, 1.54) is 11.8 Å². The molecule has 0 spiro atoms. The van der Waals surface area contributed by atoms with Crippen LogP contribution in [0.4, 0.5) is 21.0 Å². The molecule has 2 aromatic rings. The van der Waals surface area contributed by atoms with Gasteiger partial charge in [0.05, 0.1) is 11.0 Å². The standard InChI is InChI=1S/C20H20N4O2S/c1-13-18(22-23-20(26)27-13)15-9-10-17-14(12-15)6-5-11-24(17)19(25)21-16-7-3-2-4-8-16/h2-4,7-10,12-13H,5-6,11H2,1H3,(H,21,25)(H,23,26). The summed E-state index contributed by atoms with van der Waals surface area (Å²) in [5, 5.41) is 7.05. The van der Waals surface area contributed by atoms with Crippen molar-refractivity contribution >= 4 is 40.1 Å². The highest BCUT2D eigenvalue weighted by molar-refractivity contribution is 8.14. The fraction of sp³-hybridized carbons (Fsp3) is 0.250. The van der Waals surface area contributed by atoms with Gasteiger partial charge in [0.15, 0.2) is 0 Å². The van der Waals surface area contributed by atoms with Crippen molar-refractivity contribution in [2.24, 2.45) is 5.10 Å². The normalized spacial score (nSPS) is 19.0. The molecule has 2 heterocycles. The number of hydrazone groups is 1. The summed E-state index contributed by atoms with van der Waals surface area (Å²) >= 11 is 1.23. The van der Waals surface area contributed by atoms with Crippen LogP contribution < -0.4 is 15.6 Å². The van der Waals surface area contributed by atoms with Crippen LogP contribution in [0.1, 0.15) is 24.5 Å². The molecule has 2 aliphatic rings. The summed E-state index contributed by atoms with van der Waals surface area (Å²) in [6, 6.07) is 15.4. The first-order valence-corrected chi connectivity index (χ1v) is 9.81. The number of aryl methyl sites for hydroxylation is 1. The van der Waals surface area contributed by atoms with Gasteiger partial charge in [-0.2, -0.15) is 5.10 Å². The molecule has 0 saturated heterocycles. The average molecular weight is 380 g/mol. The van der Waals surface area contributed by atoms with Crippen molar-refractivity contribution in [1.29, 1.82) is 0 Å². The Bertz CT molecular complexity index is 913. The van der Waals surface area contributed by atoms with Crippen molar-refractivity contribution in [3.8, 4) is 0 Å². The Hall–Kier alpha value is -2.80. The summed E-state index contributed by atoms with van der Waals surface area (Å²) in [5.74, 6) is 0. The lowest BCUT2D eigenvalue weighted by molar-refractivity contribution is 0.256. The van der Waals surface area contributed by atoms with E-state index in [0.717, 1.165) is 41.1 Å². The molecule has 2 N–H and O–H groups in total. The van der Waals surface area contributed by atoms with Gasteiger partial charge in [-0.05, 0) is 55.2 Å². The van der Waals surface area contributed by atoms with Crippen molar-refractivity contribution < 1.29 is 9.59 Å². The minimum Gasteiger partial charge on any atom is -0.308 e. The zero-order valence-electron chi connectivity index (χ0n) is 14.9. The van der Waals surface area contributed by atoms with Crippen LogP contribution in [0, 0.1) is 0 Å². The number of hydrogen-bond donors (Lipinski definition) is 2. The van der Waals surface area contributed by atoms with Gasteiger partial charge in [0.2, 0.25) is 0 Å². The van der Waals surface area contributed by atoms with Crippen molar-refractivity contribution in [3.05, 3.63) is 59.7 Å². The number of anilines is 2. The maximum Gasteiger partial charge on any atom is 0.326 e. The monoisotopic (exact) mass is 380 g/mol. The summed E-state index contributed by atoms with van der Waals surface area (Å²) < 4.78 is 0. The van der Waals surface area contributed by atoms with Gasteiger partial charge >= 0.3 is 6.03 Å². The van der Waals surface area contributed by atoms with Gasteiger partial charge in [0.1, 0.15) is 0 Å². The molecule has 0 aromatic heterocycles. The van der Waals surface area contributed by atoms with Gasteiger partial charge in [0.25, 0.3) is 5.24 Å². The molecule has 6 nitrogen and oxygen atoms in total. The van der Waals surface area contributed by atoms with Crippen LogP contribution in [0.15, 0.2) is 53.6 Å². The highest BCUT2D eigenvalue weighted by Crippen LogP contribution is 2.30. The molecule has 138 valence electrons. The second-order valence-electron chi connectivity index (χ2n) is 6.55. The number of benzene rings is 2. The van der Waals surface area contributed by atoms with Crippen molar-refractivity contribution in [2.75, 3.05) is 16.8 Å². The Morgan fingerprint density at radius 2 is 2.07 bits per heavy atom. The van der Waals surface area contributed by atoms with Gasteiger partial charge in [-0.3, -0.25) is 9.69 Å². The zero-order valence-corrected chi connectivity index (χ0v) is 15.8. The van der Waals surface area contributed by atoms with E-state index in [0.29, 0.717) is 6.54 Å². The number of thioether (sulfide) groups is 1. The van der Waals surface area contributed by atoms with Crippen molar-refractivity contribution in [3.63, 3.8) is 0 Å². The summed E-state index contributed by atoms with van der Waals surface area (Å²) in [7, 11) is 0. The molecule has 3 amide bonds. The highest BCUT2D eigenvalue weighted by atomic mass is 32.2. The number of carbonyl (C=O) groups excluding carboxylic acids is 2. The maximum absolute atomic E-state index is 12.7. The highest BCUT2D eigenvalue weighted by Gasteiger charge is 2.26. The van der Waals surface area contributed by atoms with Gasteiger partial charge < -0.3 is 5.32 Å². The van der Waals surface area contributed by atoms with E-state index < -0.39 is 0 Å². The van der Waals surface area contributed by atoms with Gasteiger partial charge in [0, 0.05) is 17.9 Å². The number of urea groups is 1. The van der Waals surface area contributed by atoms with Gasteiger partial charge in [-0.15, -0.1) is 0 Å². The Kier molecular flexibility index (Phi) is 4.85. The molecule has 2 aromatic carbocycles. The van der Waals surface area contributed by atoms with E-state index in [4.69, 9.17) is 0 Å². The Morgan fingerprint density at radius 1 is 1.26 bits per heavy atom. The number of para-hydroxylation sites is 1. The van der Waals surface area contributed by atoms with Crippen LogP contribution in [0.25, 0.3) is 0 Å². The van der Waals surface area contributed by atoms with Crippen molar-refractivity contribution in [2.45, 2.75) is 25.0 Å². The predicted molar refractivity (Wildman–Crippen MR) is 110 cm³/mol. The number of hydrogen-bond acceptors (Lipinski definition) is 4. The molecule has 1 atom stereocenters. The molecule has 0 bridgehead atoms. The molecule has 4 rings (SSSR count). The first-order chi connectivity index (χ1) is 13.1. The lowest BCUT2D eigenvalue weighted by Crippen LogP contribution is -2.39. The number of nitrogens with zero attached hydrogens (tertiary/aromatic N) is 2. The average Bonchev–Trinajstić information content (AvgIpc) is 2.68. The molecular weight excluding hydrogens is 360 g/mol. The largest absolute Gasteiger partial charge is 0.326 e. The second kappa shape index (κ2) is 7.44. The minimum absolute atomic E-state index is 0.00197. The van der Waals surface area contributed by atoms with E-state index in [1.54, 1.807) is 4.90 Å². The first kappa shape index (κ1) is 17.6. The fourth-order valence-corrected chi connectivity index (χ4v) is 4.14. The topological polar surface area (TPSA) is 73.8 Å². The quantitative estimate of drug-likeness (QED) is 0.819. The molecular formula is C20H20N4O2S. The van der Waals surface area contributed by atoms with Gasteiger partial charge in [-0.25, -0.2) is 10.2 Å². The summed E-state index contributed by atoms with van der Waals surface area (Å²) in [4.78, 5) is 26.0. The molecule has 2 aliphatic heterocycles. The number of nitrogens with one attached hydrogen (secondary N) is 2. The number of amides is 3. The second-order valence-corrected chi connectivity index (χ2v) is 7.86. The summed E-state index contributed by atoms with van der Waals surface area (Å²) in [5.41, 5.74) is 7.21. The summed E-state index contributed by atoms with van der Waals surface area (Å²) in [6.07, 6.45) is 1.83. The van der Waals surface area contributed by atoms with Crippen LogP contribution in [0.5, 0.6) is 0 Å². The molecule has 0 saturated carbocycles. The molecule has 0 aliphatic carbocycles. The SMILES string of the molecule is CC1SC(=O)NN=C1c1ccc2c(c1)CCCN2C(=O)Nc1ccccc1. The van der Waals surface area contributed by atoms with E-state index in [2.05, 4.69) is 21.9 Å². The first-order valence-electron chi connectivity index (χ1n) is 8.93. The van der Waals surface area contributed by atoms with E-state index in [-0.39, 0.29) is 16.5 Å². The minimum atomic E-state index is -0.132. The third-order valence-electron chi connectivity index (χ3n) is 4.70. The van der Waals surface area contributed by atoms with Crippen LogP contribution >= 0.6 is 11.8 Å². The van der Waals surface area contributed by atoms with Crippen molar-refractivity contribution in [1.82, 2.24) is 5.43 Å². The Balaban J connectivity index is 1.59. The smallest absolute Gasteiger partial charge is 0.308 e. The lowest BCUT2D eigenvalue weighted by atomic mass is 9.97. The van der Waals surface area contributed by atoms with E-state index in [9.17, 15) is 9.59 Å². The molecule has 0 radical (unpaired) electrons. The Morgan fingerprint density at radius 3 is 2.85 bits per heavy atom. The molecule has 27 heavy (non-hydrogen) atoms. The molecule has 7 heteroatoms. The van der Waals surface area contributed by atoms with Crippen LogP contribution in [0.2, 0.25) is 0 Å². The maximum atomic E-state index is 12.7. The number of fused-ring (bicyclic) bond motifs is 1. The molecule has 1 unspecified atom stereocenters. The lowest BCUT2D eigenvalue weighted by Gasteiger charge is -2.30. The fourth-order valence-electron chi connectivity index (χ4n) is 3.42. The third kappa shape index (κ3) is 3.68. The number of rotatable bonds is 2. The van der Waals surface area contributed by atoms with E-state index >= 15 is 0 Å². The van der Waals surface area contributed by atoms with Crippen LogP contribution in [-0.2, 0) is 6.42 Å². The summed E-state index contributed by atoms with van der Waals surface area (Å²) in [6.45, 7) is 2.66. The molecule has 0 fully saturated rings. The number of carbonyl (C=O) groups is 2. The van der Waals surface area contributed by atoms with Crippen LogP contribution in [-0.4, -0.2) is 28.8 Å². The third-order valence-corrected chi connectivity index (χ3v) is 5.58. The Labute approximate surface area is 162 Å². The van der Waals surface area contributed by atoms with E-state index in [1.807, 2.05) is 49.4 Å².